The van der Waals surface area contributed by atoms with Crippen molar-refractivity contribution in [1.82, 2.24) is 15.2 Å². The summed E-state index contributed by atoms with van der Waals surface area (Å²) in [4.78, 5) is 30.6. The third-order valence-corrected chi connectivity index (χ3v) is 5.33. The van der Waals surface area contributed by atoms with Crippen LogP contribution in [-0.2, 0) is 11.2 Å². The molecule has 1 fully saturated rings. The summed E-state index contributed by atoms with van der Waals surface area (Å²) < 4.78 is 0. The van der Waals surface area contributed by atoms with E-state index in [-0.39, 0.29) is 24.5 Å². The molecule has 0 atom stereocenters. The zero-order valence-corrected chi connectivity index (χ0v) is 15.7. The molecule has 6 nitrogen and oxygen atoms in total. The molecule has 1 saturated carbocycles. The number of aliphatic carboxylic acids is 1. The van der Waals surface area contributed by atoms with Crippen LogP contribution in [0.15, 0.2) is 0 Å². The van der Waals surface area contributed by atoms with Crippen LogP contribution >= 0.6 is 11.3 Å². The van der Waals surface area contributed by atoms with Gasteiger partial charge in [-0.2, -0.15) is 0 Å². The standard InChI is InChI=1S/C17H27N3O3S/c1-5-20(9-15(21)22)13-7-12(8-13)19-17(23)16-14(6-10(2)3)18-11(4)24-16/h10,12-13H,5-9H2,1-4H3,(H,19,23)(H,21,22). The van der Waals surface area contributed by atoms with E-state index in [4.69, 9.17) is 5.11 Å². The van der Waals surface area contributed by atoms with Crippen LogP contribution in [0.25, 0.3) is 0 Å². The highest BCUT2D eigenvalue weighted by Crippen LogP contribution is 2.27. The summed E-state index contributed by atoms with van der Waals surface area (Å²) in [6, 6.07) is 0.370. The molecule has 1 aliphatic rings. The minimum atomic E-state index is -0.803. The van der Waals surface area contributed by atoms with Gasteiger partial charge in [0.25, 0.3) is 5.91 Å². The van der Waals surface area contributed by atoms with Crippen molar-refractivity contribution in [2.45, 2.75) is 59.0 Å². The average Bonchev–Trinajstić information content (AvgIpc) is 2.79. The maximum Gasteiger partial charge on any atom is 0.317 e. The van der Waals surface area contributed by atoms with Crippen molar-refractivity contribution in [3.05, 3.63) is 15.6 Å². The fraction of sp³-hybridized carbons (Fsp3) is 0.706. The van der Waals surface area contributed by atoms with E-state index >= 15 is 0 Å². The number of carbonyl (C=O) groups is 2. The first-order valence-electron chi connectivity index (χ1n) is 8.53. The zero-order valence-electron chi connectivity index (χ0n) is 14.8. The van der Waals surface area contributed by atoms with E-state index < -0.39 is 5.97 Å². The third kappa shape index (κ3) is 4.77. The highest BCUT2D eigenvalue weighted by atomic mass is 32.1. The van der Waals surface area contributed by atoms with Crippen LogP contribution in [0.1, 0.15) is 54.0 Å². The molecule has 0 radical (unpaired) electrons. The first-order valence-corrected chi connectivity index (χ1v) is 9.34. The van der Waals surface area contributed by atoms with Gasteiger partial charge < -0.3 is 10.4 Å². The van der Waals surface area contributed by atoms with E-state index in [0.29, 0.717) is 12.5 Å². The summed E-state index contributed by atoms with van der Waals surface area (Å²) in [5.41, 5.74) is 0.891. The summed E-state index contributed by atoms with van der Waals surface area (Å²) in [6.45, 7) is 8.91. The van der Waals surface area contributed by atoms with Crippen LogP contribution in [0, 0.1) is 12.8 Å². The number of nitrogens with zero attached hydrogens (tertiary/aromatic N) is 2. The predicted octanol–water partition coefficient (Wildman–Crippen LogP) is 2.32. The van der Waals surface area contributed by atoms with Gasteiger partial charge in [-0.3, -0.25) is 14.5 Å². The Morgan fingerprint density at radius 1 is 1.42 bits per heavy atom. The lowest BCUT2D eigenvalue weighted by Gasteiger charge is -2.42. The number of aromatic nitrogens is 1. The van der Waals surface area contributed by atoms with Crippen LogP contribution < -0.4 is 5.32 Å². The second kappa shape index (κ2) is 8.07. The van der Waals surface area contributed by atoms with Crippen molar-refractivity contribution in [3.63, 3.8) is 0 Å². The number of likely N-dealkylation sites (N-methyl/N-ethyl adjacent to an activating group) is 1. The molecular formula is C17H27N3O3S. The minimum absolute atomic E-state index is 0.0408. The maximum atomic E-state index is 12.5. The van der Waals surface area contributed by atoms with Gasteiger partial charge in [0.15, 0.2) is 0 Å². The molecule has 2 N–H and O–H groups in total. The molecule has 0 aliphatic heterocycles. The van der Waals surface area contributed by atoms with Gasteiger partial charge in [0.2, 0.25) is 0 Å². The summed E-state index contributed by atoms with van der Waals surface area (Å²) in [6.07, 6.45) is 2.43. The zero-order chi connectivity index (χ0) is 17.9. The number of carbonyl (C=O) groups excluding carboxylic acids is 1. The molecule has 1 amide bonds. The van der Waals surface area contributed by atoms with Gasteiger partial charge >= 0.3 is 5.97 Å². The van der Waals surface area contributed by atoms with Gasteiger partial charge in [0, 0.05) is 12.1 Å². The molecule has 1 aromatic rings. The molecule has 0 unspecified atom stereocenters. The lowest BCUT2D eigenvalue weighted by atomic mass is 9.85. The van der Waals surface area contributed by atoms with Gasteiger partial charge in [-0.15, -0.1) is 11.3 Å². The quantitative estimate of drug-likeness (QED) is 0.749. The van der Waals surface area contributed by atoms with Crippen LogP contribution in [0.3, 0.4) is 0 Å². The largest absolute Gasteiger partial charge is 0.480 e. The Morgan fingerprint density at radius 3 is 2.62 bits per heavy atom. The number of nitrogens with one attached hydrogen (secondary N) is 1. The number of carboxylic acid groups (broad SMARTS) is 1. The van der Waals surface area contributed by atoms with Crippen LogP contribution in [0.2, 0.25) is 0 Å². The highest BCUT2D eigenvalue weighted by Gasteiger charge is 2.35. The first-order chi connectivity index (χ1) is 11.3. The molecule has 1 heterocycles. The fourth-order valence-corrected chi connectivity index (χ4v) is 3.95. The molecule has 1 aliphatic carbocycles. The number of hydrogen-bond acceptors (Lipinski definition) is 5. The second-order valence-corrected chi connectivity index (χ2v) is 8.06. The monoisotopic (exact) mass is 353 g/mol. The topological polar surface area (TPSA) is 82.5 Å². The smallest absolute Gasteiger partial charge is 0.317 e. The number of amides is 1. The van der Waals surface area contributed by atoms with Crippen LogP contribution in [0.4, 0.5) is 0 Å². The molecule has 24 heavy (non-hydrogen) atoms. The normalized spacial score (nSPS) is 20.2. The Kier molecular flexibility index (Phi) is 6.34. The van der Waals surface area contributed by atoms with Gasteiger partial charge in [-0.1, -0.05) is 20.8 Å². The third-order valence-electron chi connectivity index (χ3n) is 4.32. The second-order valence-electron chi connectivity index (χ2n) is 6.86. The first kappa shape index (κ1) is 18.9. The van der Waals surface area contributed by atoms with Gasteiger partial charge in [0.05, 0.1) is 17.2 Å². The van der Waals surface area contributed by atoms with Crippen LogP contribution in [-0.4, -0.2) is 52.0 Å². The summed E-state index contributed by atoms with van der Waals surface area (Å²) in [5.74, 6) is -0.385. The van der Waals surface area contributed by atoms with Crippen molar-refractivity contribution in [3.8, 4) is 0 Å². The Morgan fingerprint density at radius 2 is 2.08 bits per heavy atom. The lowest BCUT2D eigenvalue weighted by molar-refractivity contribution is -0.139. The summed E-state index contributed by atoms with van der Waals surface area (Å²) >= 11 is 1.45. The number of thiazole rings is 1. The van der Waals surface area contributed by atoms with Crippen molar-refractivity contribution < 1.29 is 14.7 Å². The van der Waals surface area contributed by atoms with Gasteiger partial charge in [0.1, 0.15) is 4.88 Å². The summed E-state index contributed by atoms with van der Waals surface area (Å²) in [7, 11) is 0. The molecule has 0 aromatic carbocycles. The molecule has 0 bridgehead atoms. The maximum absolute atomic E-state index is 12.5. The van der Waals surface area contributed by atoms with Crippen LogP contribution in [0.5, 0.6) is 0 Å². The number of aryl methyl sites for hydroxylation is 1. The Hall–Kier alpha value is -1.47. The van der Waals surface area contributed by atoms with Gasteiger partial charge in [-0.05, 0) is 38.6 Å². The van der Waals surface area contributed by atoms with E-state index in [1.807, 2.05) is 18.7 Å². The van der Waals surface area contributed by atoms with Crippen molar-refractivity contribution in [1.29, 1.82) is 0 Å². The lowest BCUT2D eigenvalue weighted by Crippen LogP contribution is -2.54. The number of carboxylic acids is 1. The molecule has 0 saturated heterocycles. The predicted molar refractivity (Wildman–Crippen MR) is 94.6 cm³/mol. The highest BCUT2D eigenvalue weighted by molar-refractivity contribution is 7.13. The van der Waals surface area contributed by atoms with Crippen molar-refractivity contribution >= 4 is 23.2 Å². The average molecular weight is 353 g/mol. The van der Waals surface area contributed by atoms with Crippen molar-refractivity contribution in [2.24, 2.45) is 5.92 Å². The number of rotatable bonds is 8. The molecule has 0 spiro atoms. The van der Waals surface area contributed by atoms with E-state index in [0.717, 1.165) is 34.8 Å². The minimum Gasteiger partial charge on any atom is -0.480 e. The Labute approximate surface area is 147 Å². The van der Waals surface area contributed by atoms with Gasteiger partial charge in [-0.25, -0.2) is 4.98 Å². The Bertz CT molecular complexity index is 594. The van der Waals surface area contributed by atoms with E-state index in [2.05, 4.69) is 24.1 Å². The van der Waals surface area contributed by atoms with Crippen molar-refractivity contribution in [2.75, 3.05) is 13.1 Å². The SMILES string of the molecule is CCN(CC(=O)O)C1CC(NC(=O)c2sc(C)nc2CC(C)C)C1. The molecular weight excluding hydrogens is 326 g/mol. The van der Waals surface area contributed by atoms with E-state index in [1.165, 1.54) is 11.3 Å². The molecule has 2 rings (SSSR count). The van der Waals surface area contributed by atoms with E-state index in [9.17, 15) is 9.59 Å². The Balaban J connectivity index is 1.90. The molecule has 1 aromatic heterocycles. The molecule has 7 heteroatoms. The van der Waals surface area contributed by atoms with E-state index in [1.54, 1.807) is 0 Å². The molecule has 134 valence electrons. The fourth-order valence-electron chi connectivity index (χ4n) is 3.10. The summed E-state index contributed by atoms with van der Waals surface area (Å²) in [5, 5.41) is 12.9. The number of hydrogen-bond donors (Lipinski definition) is 2.